The molecule has 5 heteroatoms. The Hall–Kier alpha value is -1.81. The van der Waals surface area contributed by atoms with Crippen LogP contribution in [0, 0.1) is 0 Å². The maximum absolute atomic E-state index is 6.18. The molecule has 0 aliphatic heterocycles. The zero-order valence-electron chi connectivity index (χ0n) is 11.0. The van der Waals surface area contributed by atoms with E-state index in [0.29, 0.717) is 33.6 Å². The van der Waals surface area contributed by atoms with Gasteiger partial charge in [-0.15, -0.1) is 0 Å². The third kappa shape index (κ3) is 2.81. The molecule has 0 fully saturated rings. The molecule has 0 bridgehead atoms. The molecule has 0 aliphatic rings. The number of hydrogen-bond donors (Lipinski definition) is 1. The van der Waals surface area contributed by atoms with Gasteiger partial charge in [0.15, 0.2) is 5.75 Å². The SMILES string of the molecule is NCc1cc(Cl)ccc1Oc1ccc(Cl)c2cccnc12. The van der Waals surface area contributed by atoms with Gasteiger partial charge >= 0.3 is 0 Å². The van der Waals surface area contributed by atoms with Gasteiger partial charge in [0.25, 0.3) is 0 Å². The van der Waals surface area contributed by atoms with Crippen LogP contribution in [0.25, 0.3) is 10.9 Å². The number of aromatic nitrogens is 1. The molecule has 0 saturated heterocycles. The largest absolute Gasteiger partial charge is 0.455 e. The van der Waals surface area contributed by atoms with Crippen molar-refractivity contribution in [3.05, 3.63) is 64.3 Å². The topological polar surface area (TPSA) is 48.1 Å². The summed E-state index contributed by atoms with van der Waals surface area (Å²) in [5, 5.41) is 2.11. The maximum Gasteiger partial charge on any atom is 0.153 e. The molecule has 2 aromatic carbocycles. The van der Waals surface area contributed by atoms with Crippen LogP contribution in [0.15, 0.2) is 48.7 Å². The van der Waals surface area contributed by atoms with Crippen molar-refractivity contribution in [2.75, 3.05) is 0 Å². The molecule has 0 radical (unpaired) electrons. The van der Waals surface area contributed by atoms with Crippen molar-refractivity contribution in [2.45, 2.75) is 6.54 Å². The first kappa shape index (κ1) is 14.1. The van der Waals surface area contributed by atoms with E-state index in [1.807, 2.05) is 12.1 Å². The Morgan fingerprint density at radius 3 is 2.67 bits per heavy atom. The lowest BCUT2D eigenvalue weighted by Gasteiger charge is -2.12. The third-order valence-electron chi connectivity index (χ3n) is 3.14. The van der Waals surface area contributed by atoms with Crippen molar-refractivity contribution in [3.63, 3.8) is 0 Å². The van der Waals surface area contributed by atoms with Crippen LogP contribution in [0.4, 0.5) is 0 Å². The van der Waals surface area contributed by atoms with E-state index in [2.05, 4.69) is 4.98 Å². The number of pyridine rings is 1. The fraction of sp³-hybridized carbons (Fsp3) is 0.0625. The average Bonchev–Trinajstić information content (AvgIpc) is 2.52. The lowest BCUT2D eigenvalue weighted by molar-refractivity contribution is 0.481. The number of ether oxygens (including phenoxy) is 1. The van der Waals surface area contributed by atoms with E-state index in [1.54, 1.807) is 36.5 Å². The van der Waals surface area contributed by atoms with Crippen LogP contribution in [0.2, 0.25) is 10.0 Å². The molecule has 3 aromatic rings. The van der Waals surface area contributed by atoms with Gasteiger partial charge < -0.3 is 10.5 Å². The molecule has 0 spiro atoms. The second-order valence-corrected chi connectivity index (χ2v) is 5.35. The predicted molar refractivity (Wildman–Crippen MR) is 86.2 cm³/mol. The van der Waals surface area contributed by atoms with Crippen LogP contribution in [0.3, 0.4) is 0 Å². The number of benzene rings is 2. The smallest absolute Gasteiger partial charge is 0.153 e. The highest BCUT2D eigenvalue weighted by molar-refractivity contribution is 6.35. The zero-order valence-corrected chi connectivity index (χ0v) is 12.5. The Kier molecular flexibility index (Phi) is 3.97. The van der Waals surface area contributed by atoms with E-state index in [0.717, 1.165) is 10.9 Å². The van der Waals surface area contributed by atoms with Gasteiger partial charge in [-0.1, -0.05) is 23.2 Å². The van der Waals surface area contributed by atoms with Crippen molar-refractivity contribution in [1.82, 2.24) is 4.98 Å². The van der Waals surface area contributed by atoms with Crippen LogP contribution in [0.1, 0.15) is 5.56 Å². The lowest BCUT2D eigenvalue weighted by Crippen LogP contribution is -1.99. The molecule has 3 rings (SSSR count). The highest BCUT2D eigenvalue weighted by Gasteiger charge is 2.10. The summed E-state index contributed by atoms with van der Waals surface area (Å²) in [4.78, 5) is 4.34. The average molecular weight is 319 g/mol. The van der Waals surface area contributed by atoms with Crippen molar-refractivity contribution in [3.8, 4) is 11.5 Å². The first-order valence-corrected chi connectivity index (χ1v) is 7.14. The third-order valence-corrected chi connectivity index (χ3v) is 3.71. The van der Waals surface area contributed by atoms with E-state index in [9.17, 15) is 0 Å². The molecular formula is C16H12Cl2N2O. The summed E-state index contributed by atoms with van der Waals surface area (Å²) in [5.41, 5.74) is 7.28. The Morgan fingerprint density at radius 1 is 1.05 bits per heavy atom. The molecule has 2 N–H and O–H groups in total. The minimum atomic E-state index is 0.342. The van der Waals surface area contributed by atoms with Crippen LogP contribution in [-0.2, 0) is 6.54 Å². The molecule has 3 nitrogen and oxygen atoms in total. The number of nitrogens with zero attached hydrogens (tertiary/aromatic N) is 1. The van der Waals surface area contributed by atoms with Gasteiger partial charge in [0, 0.05) is 28.7 Å². The van der Waals surface area contributed by atoms with Gasteiger partial charge in [-0.05, 0) is 42.5 Å². The van der Waals surface area contributed by atoms with Crippen LogP contribution >= 0.6 is 23.2 Å². The predicted octanol–water partition coefficient (Wildman–Crippen LogP) is 4.79. The summed E-state index contributed by atoms with van der Waals surface area (Å²) < 4.78 is 5.96. The molecule has 21 heavy (non-hydrogen) atoms. The maximum atomic E-state index is 6.18. The van der Waals surface area contributed by atoms with Gasteiger partial charge in [-0.2, -0.15) is 0 Å². The lowest BCUT2D eigenvalue weighted by atomic mass is 10.2. The van der Waals surface area contributed by atoms with E-state index in [-0.39, 0.29) is 0 Å². The van der Waals surface area contributed by atoms with Gasteiger partial charge in [0.1, 0.15) is 11.3 Å². The second kappa shape index (κ2) is 5.90. The number of hydrogen-bond acceptors (Lipinski definition) is 3. The summed E-state index contributed by atoms with van der Waals surface area (Å²) in [6.07, 6.45) is 1.71. The van der Waals surface area contributed by atoms with E-state index in [4.69, 9.17) is 33.7 Å². The summed E-state index contributed by atoms with van der Waals surface area (Å²) >= 11 is 12.2. The number of nitrogens with two attached hydrogens (primary N) is 1. The van der Waals surface area contributed by atoms with Crippen molar-refractivity contribution >= 4 is 34.1 Å². The summed E-state index contributed by atoms with van der Waals surface area (Å²) in [6.45, 7) is 0.342. The Morgan fingerprint density at radius 2 is 1.86 bits per heavy atom. The summed E-state index contributed by atoms with van der Waals surface area (Å²) in [5.74, 6) is 1.29. The van der Waals surface area contributed by atoms with Crippen LogP contribution in [-0.4, -0.2) is 4.98 Å². The first-order valence-electron chi connectivity index (χ1n) is 6.38. The Bertz CT molecular complexity index is 805. The number of fused-ring (bicyclic) bond motifs is 1. The minimum absolute atomic E-state index is 0.342. The fourth-order valence-corrected chi connectivity index (χ4v) is 2.53. The first-order chi connectivity index (χ1) is 10.2. The normalized spacial score (nSPS) is 10.8. The molecule has 0 atom stereocenters. The molecule has 106 valence electrons. The van der Waals surface area contributed by atoms with Crippen molar-refractivity contribution in [2.24, 2.45) is 5.73 Å². The highest BCUT2D eigenvalue weighted by Crippen LogP contribution is 2.34. The highest BCUT2D eigenvalue weighted by atomic mass is 35.5. The monoisotopic (exact) mass is 318 g/mol. The Labute approximate surface area is 132 Å². The zero-order chi connectivity index (χ0) is 14.8. The quantitative estimate of drug-likeness (QED) is 0.755. The molecule has 1 heterocycles. The van der Waals surface area contributed by atoms with Crippen molar-refractivity contribution in [1.29, 1.82) is 0 Å². The van der Waals surface area contributed by atoms with E-state index >= 15 is 0 Å². The molecule has 0 aliphatic carbocycles. The summed E-state index contributed by atoms with van der Waals surface area (Å²) in [6, 6.07) is 12.7. The van der Waals surface area contributed by atoms with Gasteiger partial charge in [-0.25, -0.2) is 0 Å². The van der Waals surface area contributed by atoms with Crippen LogP contribution in [0.5, 0.6) is 11.5 Å². The molecule has 1 aromatic heterocycles. The molecule has 0 unspecified atom stereocenters. The van der Waals surface area contributed by atoms with E-state index < -0.39 is 0 Å². The molecule has 0 saturated carbocycles. The Balaban J connectivity index is 2.09. The van der Waals surface area contributed by atoms with E-state index in [1.165, 1.54) is 0 Å². The van der Waals surface area contributed by atoms with Gasteiger partial charge in [0.2, 0.25) is 0 Å². The fourth-order valence-electron chi connectivity index (χ4n) is 2.12. The van der Waals surface area contributed by atoms with Crippen LogP contribution < -0.4 is 10.5 Å². The minimum Gasteiger partial charge on any atom is -0.455 e. The van der Waals surface area contributed by atoms with Gasteiger partial charge in [0.05, 0.1) is 5.02 Å². The number of halogens is 2. The van der Waals surface area contributed by atoms with Gasteiger partial charge in [-0.3, -0.25) is 4.98 Å². The standard InChI is InChI=1S/C16H12Cl2N2O/c17-11-3-5-14(10(8-11)9-19)21-15-6-4-13(18)12-2-1-7-20-16(12)15/h1-8H,9,19H2. The number of rotatable bonds is 3. The van der Waals surface area contributed by atoms with Crippen molar-refractivity contribution < 1.29 is 4.74 Å². The molecular weight excluding hydrogens is 307 g/mol. The molecule has 0 amide bonds. The summed E-state index contributed by atoms with van der Waals surface area (Å²) in [7, 11) is 0. The second-order valence-electron chi connectivity index (χ2n) is 4.50.